The number of ketones is 1. The fourth-order valence-corrected chi connectivity index (χ4v) is 4.52. The van der Waals surface area contributed by atoms with Gasteiger partial charge in [-0.2, -0.15) is 10.1 Å². The number of carbonyl (C=O) groups is 1. The Kier molecular flexibility index (Phi) is 4.73. The first-order valence-corrected chi connectivity index (χ1v) is 10.3. The summed E-state index contributed by atoms with van der Waals surface area (Å²) in [6.07, 6.45) is 1.03. The summed E-state index contributed by atoms with van der Waals surface area (Å²) in [5.74, 6) is 1.98. The third-order valence-electron chi connectivity index (χ3n) is 6.03. The number of hydrogen-bond acceptors (Lipinski definition) is 7. The molecule has 0 spiro atoms. The van der Waals surface area contributed by atoms with Crippen molar-refractivity contribution in [2.45, 2.75) is 31.7 Å². The van der Waals surface area contributed by atoms with E-state index < -0.39 is 11.0 Å². The number of non-ortho nitro benzene ring substituents is 1. The Morgan fingerprint density at radius 1 is 1.09 bits per heavy atom. The minimum Gasteiger partial charge on any atom is -0.497 e. The molecular weight excluding hydrogens is 410 g/mol. The van der Waals surface area contributed by atoms with Crippen LogP contribution >= 0.6 is 0 Å². The first-order valence-electron chi connectivity index (χ1n) is 10.3. The SMILES string of the molecule is COc1ccc(C2CC(=O)C3=C(C2)Nc2nc(C)nn2C3c2ccc([N+](=O)[O-])cc2)cc1. The van der Waals surface area contributed by atoms with Crippen LogP contribution in [0.4, 0.5) is 11.6 Å². The fraction of sp³-hybridized carbons (Fsp3) is 0.261. The lowest BCUT2D eigenvalue weighted by atomic mass is 9.78. The normalized spacial score (nSPS) is 19.8. The molecule has 1 aliphatic carbocycles. The summed E-state index contributed by atoms with van der Waals surface area (Å²) in [4.78, 5) is 28.5. The van der Waals surface area contributed by atoms with Crippen LogP contribution in [-0.4, -0.2) is 32.6 Å². The van der Waals surface area contributed by atoms with Crippen LogP contribution in [0, 0.1) is 17.0 Å². The monoisotopic (exact) mass is 431 g/mol. The Morgan fingerprint density at radius 3 is 2.44 bits per heavy atom. The molecule has 2 heterocycles. The van der Waals surface area contributed by atoms with Gasteiger partial charge in [0.1, 0.15) is 17.6 Å². The Hall–Kier alpha value is -4.01. The lowest BCUT2D eigenvalue weighted by molar-refractivity contribution is -0.384. The van der Waals surface area contributed by atoms with Gasteiger partial charge >= 0.3 is 0 Å². The van der Waals surface area contributed by atoms with Crippen LogP contribution in [-0.2, 0) is 4.79 Å². The molecule has 162 valence electrons. The number of aromatic nitrogens is 3. The molecule has 1 aromatic heterocycles. The van der Waals surface area contributed by atoms with Crippen molar-refractivity contribution >= 4 is 17.4 Å². The van der Waals surface area contributed by atoms with Crippen LogP contribution in [0.2, 0.25) is 0 Å². The number of Topliss-reactive ketones (excluding diaryl/α,β-unsaturated/α-hetero) is 1. The number of nitro groups is 1. The van der Waals surface area contributed by atoms with E-state index in [0.717, 1.165) is 22.6 Å². The molecule has 2 aromatic carbocycles. The first kappa shape index (κ1) is 19.9. The maximum absolute atomic E-state index is 13.4. The number of allylic oxidation sites excluding steroid dienone is 2. The topological polar surface area (TPSA) is 112 Å². The van der Waals surface area contributed by atoms with Crippen LogP contribution in [0.5, 0.6) is 5.75 Å². The number of methoxy groups -OCH3 is 1. The zero-order valence-electron chi connectivity index (χ0n) is 17.6. The van der Waals surface area contributed by atoms with E-state index in [0.29, 0.717) is 30.2 Å². The Labute approximate surface area is 183 Å². The highest BCUT2D eigenvalue weighted by atomic mass is 16.6. The Morgan fingerprint density at radius 2 is 1.78 bits per heavy atom. The van der Waals surface area contributed by atoms with Crippen molar-refractivity contribution in [3.8, 4) is 5.75 Å². The predicted molar refractivity (Wildman–Crippen MR) is 117 cm³/mol. The molecule has 3 aromatic rings. The average molecular weight is 431 g/mol. The van der Waals surface area contributed by atoms with Crippen molar-refractivity contribution < 1.29 is 14.5 Å². The standard InChI is InChI=1S/C23H21N5O4/c1-13-24-23-25-19-11-16(14-5-9-18(32-2)10-6-14)12-20(29)21(19)22(27(23)26-13)15-3-7-17(8-4-15)28(30)31/h3-10,16,22H,11-12H2,1-2H3,(H,24,25,26). The molecule has 5 rings (SSSR count). The number of aryl methyl sites for hydroxylation is 1. The number of nitrogens with one attached hydrogen (secondary N) is 1. The van der Waals surface area contributed by atoms with Gasteiger partial charge in [0.25, 0.3) is 5.69 Å². The largest absolute Gasteiger partial charge is 0.497 e. The van der Waals surface area contributed by atoms with Gasteiger partial charge in [-0.3, -0.25) is 14.9 Å². The van der Waals surface area contributed by atoms with Crippen molar-refractivity contribution in [2.24, 2.45) is 0 Å². The number of rotatable bonds is 4. The third-order valence-corrected chi connectivity index (χ3v) is 6.03. The van der Waals surface area contributed by atoms with Gasteiger partial charge in [0.05, 0.1) is 12.0 Å². The molecule has 2 unspecified atom stereocenters. The van der Waals surface area contributed by atoms with Gasteiger partial charge < -0.3 is 10.1 Å². The molecule has 0 saturated carbocycles. The minimum absolute atomic E-state index is 0.00132. The summed E-state index contributed by atoms with van der Waals surface area (Å²) < 4.78 is 6.94. The molecule has 0 radical (unpaired) electrons. The van der Waals surface area contributed by atoms with Crippen molar-refractivity contribution in [3.63, 3.8) is 0 Å². The van der Waals surface area contributed by atoms with E-state index in [1.165, 1.54) is 12.1 Å². The number of hydrogen-bond donors (Lipinski definition) is 1. The number of nitrogens with zero attached hydrogens (tertiary/aromatic N) is 4. The quantitative estimate of drug-likeness (QED) is 0.492. The zero-order valence-corrected chi connectivity index (χ0v) is 17.6. The van der Waals surface area contributed by atoms with Gasteiger partial charge in [0.15, 0.2) is 5.78 Å². The number of carbonyl (C=O) groups excluding carboxylic acids is 1. The number of fused-ring (bicyclic) bond motifs is 1. The lowest BCUT2D eigenvalue weighted by Gasteiger charge is -2.35. The molecule has 0 amide bonds. The number of anilines is 1. The van der Waals surface area contributed by atoms with Crippen LogP contribution in [0.3, 0.4) is 0 Å². The zero-order chi connectivity index (χ0) is 22.4. The van der Waals surface area contributed by atoms with Crippen LogP contribution in [0.15, 0.2) is 59.8 Å². The van der Waals surface area contributed by atoms with E-state index in [4.69, 9.17) is 4.74 Å². The highest BCUT2D eigenvalue weighted by Crippen LogP contribution is 2.44. The van der Waals surface area contributed by atoms with E-state index in [1.807, 2.05) is 24.3 Å². The molecule has 32 heavy (non-hydrogen) atoms. The second-order valence-electron chi connectivity index (χ2n) is 8.00. The van der Waals surface area contributed by atoms with Crippen LogP contribution < -0.4 is 10.1 Å². The smallest absolute Gasteiger partial charge is 0.269 e. The molecule has 0 fully saturated rings. The summed E-state index contributed by atoms with van der Waals surface area (Å²) >= 11 is 0. The molecule has 2 atom stereocenters. The molecule has 9 heteroatoms. The van der Waals surface area contributed by atoms with Gasteiger partial charge in [-0.1, -0.05) is 12.1 Å². The highest BCUT2D eigenvalue weighted by molar-refractivity contribution is 6.00. The molecule has 0 saturated heterocycles. The summed E-state index contributed by atoms with van der Waals surface area (Å²) in [5, 5.41) is 18.9. The summed E-state index contributed by atoms with van der Waals surface area (Å²) in [5.41, 5.74) is 3.29. The lowest BCUT2D eigenvalue weighted by Crippen LogP contribution is -2.33. The molecule has 9 nitrogen and oxygen atoms in total. The van der Waals surface area contributed by atoms with E-state index in [9.17, 15) is 14.9 Å². The molecule has 1 N–H and O–H groups in total. The van der Waals surface area contributed by atoms with E-state index >= 15 is 0 Å². The third kappa shape index (κ3) is 3.31. The number of benzene rings is 2. The van der Waals surface area contributed by atoms with Gasteiger partial charge in [-0.05, 0) is 54.7 Å². The van der Waals surface area contributed by atoms with Crippen LogP contribution in [0.1, 0.15) is 41.8 Å². The van der Waals surface area contributed by atoms with E-state index in [-0.39, 0.29) is 17.4 Å². The van der Waals surface area contributed by atoms with Crippen molar-refractivity contribution in [2.75, 3.05) is 12.4 Å². The summed E-state index contributed by atoms with van der Waals surface area (Å²) in [6.45, 7) is 1.79. The molecular formula is C23H21N5O4. The van der Waals surface area contributed by atoms with E-state index in [2.05, 4.69) is 15.4 Å². The predicted octanol–water partition coefficient (Wildman–Crippen LogP) is 3.92. The van der Waals surface area contributed by atoms with Crippen LogP contribution in [0.25, 0.3) is 0 Å². The molecule has 2 aliphatic rings. The summed E-state index contributed by atoms with van der Waals surface area (Å²) in [7, 11) is 1.62. The van der Waals surface area contributed by atoms with Crippen molar-refractivity contribution in [1.82, 2.24) is 14.8 Å². The average Bonchev–Trinajstić information content (AvgIpc) is 3.17. The Balaban J connectivity index is 1.56. The van der Waals surface area contributed by atoms with Gasteiger partial charge in [-0.25, -0.2) is 4.68 Å². The number of nitro benzene ring substituents is 1. The van der Waals surface area contributed by atoms with Crippen molar-refractivity contribution in [1.29, 1.82) is 0 Å². The fourth-order valence-electron chi connectivity index (χ4n) is 4.52. The van der Waals surface area contributed by atoms with E-state index in [1.54, 1.807) is 30.8 Å². The first-order chi connectivity index (χ1) is 15.4. The second kappa shape index (κ2) is 7.60. The highest BCUT2D eigenvalue weighted by Gasteiger charge is 2.39. The summed E-state index contributed by atoms with van der Waals surface area (Å²) in [6, 6.07) is 13.6. The van der Waals surface area contributed by atoms with Gasteiger partial charge in [-0.15, -0.1) is 0 Å². The van der Waals surface area contributed by atoms with Gasteiger partial charge in [0, 0.05) is 29.8 Å². The number of ether oxygens (including phenoxy) is 1. The Bertz CT molecular complexity index is 1240. The maximum atomic E-state index is 13.4. The molecule has 0 bridgehead atoms. The molecule has 1 aliphatic heterocycles. The minimum atomic E-state index is -0.479. The maximum Gasteiger partial charge on any atom is 0.269 e. The van der Waals surface area contributed by atoms with Crippen molar-refractivity contribution in [3.05, 3.63) is 86.9 Å². The van der Waals surface area contributed by atoms with Gasteiger partial charge in [0.2, 0.25) is 5.95 Å². The second-order valence-corrected chi connectivity index (χ2v) is 8.00.